The second kappa shape index (κ2) is 5.46. The van der Waals surface area contributed by atoms with Crippen LogP contribution in [0.5, 0.6) is 0 Å². The zero-order valence-electron chi connectivity index (χ0n) is 6.14. The second-order valence-corrected chi connectivity index (χ2v) is 11.9. The van der Waals surface area contributed by atoms with Crippen molar-refractivity contribution in [3.63, 3.8) is 0 Å². The Morgan fingerprint density at radius 1 is 0.500 bits per heavy atom. The minimum atomic E-state index is 1.16. The summed E-state index contributed by atoms with van der Waals surface area (Å²) in [5.41, 5.74) is 0. The topological polar surface area (TPSA) is 0 Å². The first-order chi connectivity index (χ1) is 6.58. The summed E-state index contributed by atoms with van der Waals surface area (Å²) in [6, 6.07) is 0. The molecular weight excluding hydrogens is 520 g/mol. The van der Waals surface area contributed by atoms with Gasteiger partial charge in [0.15, 0.2) is 0 Å². The predicted molar refractivity (Wildman–Crippen MR) is 87.1 cm³/mol. The molecule has 0 aromatic carbocycles. The second-order valence-electron chi connectivity index (χ2n) is 2.08. The quantitative estimate of drug-likeness (QED) is 0.341. The third kappa shape index (κ3) is 2.86. The highest BCUT2D eigenvalue weighted by Gasteiger charge is 2.26. The van der Waals surface area contributed by atoms with Gasteiger partial charge >= 0.3 is 0 Å². The SMILES string of the molecule is BrC1=C(Br)SC(=C2SC(Br)=C(Br)S2)S1. The lowest BCUT2D eigenvalue weighted by atomic mass is 11.2. The molecule has 0 unspecified atom stereocenters. The molecule has 0 saturated carbocycles. The van der Waals surface area contributed by atoms with Crippen LogP contribution in [0.4, 0.5) is 0 Å². The van der Waals surface area contributed by atoms with E-state index in [9.17, 15) is 0 Å². The van der Waals surface area contributed by atoms with Crippen LogP contribution in [0.2, 0.25) is 0 Å². The first kappa shape index (κ1) is 13.0. The average Bonchev–Trinajstić information content (AvgIpc) is 2.60. The molecule has 2 aliphatic heterocycles. The van der Waals surface area contributed by atoms with Crippen LogP contribution in [0.3, 0.4) is 0 Å². The molecule has 0 saturated heterocycles. The molecule has 14 heavy (non-hydrogen) atoms. The largest absolute Gasteiger partial charge is 0.0767 e. The normalized spacial score (nSPS) is 23.1. The predicted octanol–water partition coefficient (Wildman–Crippen LogP) is 6.91. The third-order valence-corrected chi connectivity index (χ3v) is 11.7. The van der Waals surface area contributed by atoms with E-state index in [1.165, 1.54) is 8.47 Å². The molecule has 0 amide bonds. The Labute approximate surface area is 132 Å². The van der Waals surface area contributed by atoms with Gasteiger partial charge in [-0.2, -0.15) is 0 Å². The Morgan fingerprint density at radius 3 is 0.929 bits per heavy atom. The summed E-state index contributed by atoms with van der Waals surface area (Å²) in [6.45, 7) is 0. The van der Waals surface area contributed by atoms with Crippen LogP contribution in [0, 0.1) is 0 Å². The monoisotopic (exact) mass is 516 g/mol. The van der Waals surface area contributed by atoms with Gasteiger partial charge in [0.2, 0.25) is 0 Å². The molecule has 2 aliphatic rings. The van der Waals surface area contributed by atoms with Gasteiger partial charge in [0, 0.05) is 0 Å². The summed E-state index contributed by atoms with van der Waals surface area (Å²) < 4.78 is 7.28. The minimum absolute atomic E-state index is 1.16. The Morgan fingerprint density at radius 2 is 0.714 bits per heavy atom. The minimum Gasteiger partial charge on any atom is -0.0715 e. The number of hydrogen-bond acceptors (Lipinski definition) is 4. The maximum atomic E-state index is 3.51. The van der Waals surface area contributed by atoms with Gasteiger partial charge < -0.3 is 0 Å². The number of thioether (sulfide) groups is 4. The Hall–Kier alpha value is 2.54. The fourth-order valence-corrected chi connectivity index (χ4v) is 9.03. The summed E-state index contributed by atoms with van der Waals surface area (Å²) in [7, 11) is 0. The lowest BCUT2D eigenvalue weighted by molar-refractivity contribution is 2.37. The lowest BCUT2D eigenvalue weighted by Crippen LogP contribution is -1.65. The lowest BCUT2D eigenvalue weighted by Gasteiger charge is -1.99. The first-order valence-electron chi connectivity index (χ1n) is 3.14. The van der Waals surface area contributed by atoms with Crippen molar-refractivity contribution in [2.75, 3.05) is 0 Å². The van der Waals surface area contributed by atoms with E-state index in [4.69, 9.17) is 0 Å². The van der Waals surface area contributed by atoms with E-state index in [1.807, 2.05) is 0 Å². The van der Waals surface area contributed by atoms with Gasteiger partial charge in [-0.15, -0.1) is 0 Å². The van der Waals surface area contributed by atoms with E-state index < -0.39 is 0 Å². The number of hydrogen-bond donors (Lipinski definition) is 0. The first-order valence-corrected chi connectivity index (χ1v) is 9.58. The van der Waals surface area contributed by atoms with Crippen LogP contribution >= 0.6 is 111 Å². The maximum Gasteiger partial charge on any atom is 0.0767 e. The number of halogens is 4. The number of rotatable bonds is 0. The van der Waals surface area contributed by atoms with E-state index >= 15 is 0 Å². The molecule has 0 aliphatic carbocycles. The molecule has 76 valence electrons. The van der Waals surface area contributed by atoms with Crippen molar-refractivity contribution < 1.29 is 0 Å². The Bertz CT molecular complexity index is 315. The zero-order valence-corrected chi connectivity index (χ0v) is 15.8. The van der Waals surface area contributed by atoms with Gasteiger partial charge in [-0.25, -0.2) is 0 Å². The molecule has 0 nitrogen and oxygen atoms in total. The highest BCUT2D eigenvalue weighted by Crippen LogP contribution is 2.63. The van der Waals surface area contributed by atoms with Crippen LogP contribution in [0.15, 0.2) is 23.7 Å². The summed E-state index contributed by atoms with van der Waals surface area (Å²) in [5, 5.41) is 0. The van der Waals surface area contributed by atoms with Gasteiger partial charge in [0.05, 0.1) is 23.7 Å². The van der Waals surface area contributed by atoms with Gasteiger partial charge in [-0.3, -0.25) is 0 Å². The van der Waals surface area contributed by atoms with E-state index in [0.717, 1.165) is 15.3 Å². The molecule has 0 aromatic rings. The average molecular weight is 520 g/mol. The smallest absolute Gasteiger partial charge is 0.0715 e. The zero-order chi connectivity index (χ0) is 10.3. The van der Waals surface area contributed by atoms with Gasteiger partial charge in [-0.05, 0) is 63.7 Å². The van der Waals surface area contributed by atoms with Crippen molar-refractivity contribution >= 4 is 111 Å². The van der Waals surface area contributed by atoms with Crippen LogP contribution in [-0.4, -0.2) is 0 Å². The Kier molecular flexibility index (Phi) is 5.06. The molecule has 0 bridgehead atoms. The molecular formula is C6Br4S4. The highest BCUT2D eigenvalue weighted by atomic mass is 79.9. The van der Waals surface area contributed by atoms with E-state index in [-0.39, 0.29) is 0 Å². The summed E-state index contributed by atoms with van der Waals surface area (Å²) >= 11 is 21.1. The van der Waals surface area contributed by atoms with Gasteiger partial charge in [-0.1, -0.05) is 47.0 Å². The van der Waals surface area contributed by atoms with Crippen molar-refractivity contribution in [3.8, 4) is 0 Å². The summed E-state index contributed by atoms with van der Waals surface area (Å²) in [5.74, 6) is 0. The van der Waals surface area contributed by atoms with Gasteiger partial charge in [0.25, 0.3) is 0 Å². The highest BCUT2D eigenvalue weighted by molar-refractivity contribution is 9.18. The van der Waals surface area contributed by atoms with E-state index in [2.05, 4.69) is 63.7 Å². The Balaban J connectivity index is 2.17. The maximum absolute atomic E-state index is 3.51. The van der Waals surface area contributed by atoms with E-state index in [1.54, 1.807) is 47.0 Å². The van der Waals surface area contributed by atoms with Gasteiger partial charge in [0.1, 0.15) is 0 Å². The van der Waals surface area contributed by atoms with Crippen molar-refractivity contribution in [3.05, 3.63) is 23.7 Å². The molecule has 2 heterocycles. The molecule has 0 atom stereocenters. The molecule has 8 heteroatoms. The molecule has 2 rings (SSSR count). The fraction of sp³-hybridized carbons (Fsp3) is 0. The van der Waals surface area contributed by atoms with Crippen molar-refractivity contribution in [2.24, 2.45) is 0 Å². The van der Waals surface area contributed by atoms with Crippen LogP contribution in [0.25, 0.3) is 0 Å². The summed E-state index contributed by atoms with van der Waals surface area (Å²) in [4.78, 5) is 0. The van der Waals surface area contributed by atoms with Crippen LogP contribution in [0.1, 0.15) is 0 Å². The molecule has 0 aromatic heterocycles. The third-order valence-electron chi connectivity index (χ3n) is 1.20. The molecule has 0 fully saturated rings. The van der Waals surface area contributed by atoms with Crippen LogP contribution in [-0.2, 0) is 0 Å². The van der Waals surface area contributed by atoms with Crippen molar-refractivity contribution in [1.82, 2.24) is 0 Å². The van der Waals surface area contributed by atoms with Crippen molar-refractivity contribution in [1.29, 1.82) is 0 Å². The fourth-order valence-electron chi connectivity index (χ4n) is 0.694. The van der Waals surface area contributed by atoms with Crippen LogP contribution < -0.4 is 0 Å². The standard InChI is InChI=1S/C6Br4S4/c7-1-2(8)12-5(11-1)6-13-3(9)4(10)14-6. The van der Waals surface area contributed by atoms with E-state index in [0.29, 0.717) is 0 Å². The summed E-state index contributed by atoms with van der Waals surface area (Å²) in [6.07, 6.45) is 0. The molecule has 0 spiro atoms. The van der Waals surface area contributed by atoms with Crippen molar-refractivity contribution in [2.45, 2.75) is 0 Å². The molecule has 0 N–H and O–H groups in total. The molecule has 0 radical (unpaired) electrons.